The molecule has 1 atom stereocenters. The van der Waals surface area contributed by atoms with Gasteiger partial charge in [-0.15, -0.1) is 0 Å². The van der Waals surface area contributed by atoms with Crippen LogP contribution in [0.5, 0.6) is 5.75 Å². The van der Waals surface area contributed by atoms with E-state index in [2.05, 4.69) is 27.3 Å². The van der Waals surface area contributed by atoms with Gasteiger partial charge in [0.1, 0.15) is 24.2 Å². The summed E-state index contributed by atoms with van der Waals surface area (Å²) >= 11 is 0. The number of benzene rings is 1. The molecule has 2 aromatic rings. The van der Waals surface area contributed by atoms with E-state index in [-0.39, 0.29) is 11.9 Å². The maximum Gasteiger partial charge on any atom is 0.227 e. The molecular formula is C24H25N5O2. The summed E-state index contributed by atoms with van der Waals surface area (Å²) in [5, 5.41) is 12.5. The molecule has 7 nitrogen and oxygen atoms in total. The molecule has 1 fully saturated rings. The number of amides is 1. The molecule has 2 aliphatic heterocycles. The van der Waals surface area contributed by atoms with Gasteiger partial charge in [0.15, 0.2) is 0 Å². The smallest absolute Gasteiger partial charge is 0.227 e. The third-order valence-corrected chi connectivity index (χ3v) is 5.41. The largest absolute Gasteiger partial charge is 0.491 e. The van der Waals surface area contributed by atoms with E-state index in [4.69, 9.17) is 4.74 Å². The highest BCUT2D eigenvalue weighted by molar-refractivity contribution is 5.79. The summed E-state index contributed by atoms with van der Waals surface area (Å²) in [6, 6.07) is 13.6. The van der Waals surface area contributed by atoms with Crippen LogP contribution in [-0.4, -0.2) is 54.6 Å². The Labute approximate surface area is 182 Å². The number of nitriles is 1. The van der Waals surface area contributed by atoms with Crippen LogP contribution in [0.4, 0.5) is 5.82 Å². The Morgan fingerprint density at radius 2 is 1.97 bits per heavy atom. The Morgan fingerprint density at radius 3 is 2.68 bits per heavy atom. The average molecular weight is 415 g/mol. The zero-order valence-electron chi connectivity index (χ0n) is 17.3. The van der Waals surface area contributed by atoms with Crippen molar-refractivity contribution in [1.82, 2.24) is 15.2 Å². The molecule has 4 rings (SSSR count). The van der Waals surface area contributed by atoms with Crippen molar-refractivity contribution in [2.45, 2.75) is 12.5 Å². The van der Waals surface area contributed by atoms with Crippen LogP contribution < -0.4 is 15.0 Å². The maximum absolute atomic E-state index is 12.7. The van der Waals surface area contributed by atoms with E-state index < -0.39 is 0 Å². The van der Waals surface area contributed by atoms with Crippen LogP contribution in [0.2, 0.25) is 0 Å². The lowest BCUT2D eigenvalue weighted by Crippen LogP contribution is -2.49. The van der Waals surface area contributed by atoms with E-state index in [1.165, 1.54) is 0 Å². The molecule has 0 aliphatic carbocycles. The summed E-state index contributed by atoms with van der Waals surface area (Å²) in [5.41, 5.74) is 1.53. The second-order valence-electron chi connectivity index (χ2n) is 7.50. The molecule has 0 saturated carbocycles. The number of pyridine rings is 1. The second-order valence-corrected chi connectivity index (χ2v) is 7.50. The van der Waals surface area contributed by atoms with E-state index in [1.54, 1.807) is 18.3 Å². The van der Waals surface area contributed by atoms with Crippen LogP contribution in [-0.2, 0) is 11.2 Å². The molecule has 1 amide bonds. The molecule has 1 aromatic carbocycles. The number of rotatable bonds is 6. The number of nitrogens with zero attached hydrogens (tertiary/aromatic N) is 4. The standard InChI is InChI=1S/C24H25N5O2/c25-17-20-4-3-11-27-24(20)29-14-12-28(13-15-29)23(30)16-19-6-8-22(9-7-19)31-18-21-5-1-2-10-26-21/h1-11,21,26H,12-16,18H2. The van der Waals surface area contributed by atoms with Gasteiger partial charge in [-0.25, -0.2) is 4.98 Å². The minimum atomic E-state index is 0.109. The fourth-order valence-corrected chi connectivity index (χ4v) is 3.67. The molecule has 3 heterocycles. The van der Waals surface area contributed by atoms with Crippen molar-refractivity contribution >= 4 is 11.7 Å². The molecule has 31 heavy (non-hydrogen) atoms. The predicted molar refractivity (Wildman–Crippen MR) is 119 cm³/mol. The summed E-state index contributed by atoms with van der Waals surface area (Å²) in [6.07, 6.45) is 9.97. The lowest BCUT2D eigenvalue weighted by atomic mass is 10.1. The molecule has 0 spiro atoms. The van der Waals surface area contributed by atoms with E-state index in [0.29, 0.717) is 50.6 Å². The lowest BCUT2D eigenvalue weighted by molar-refractivity contribution is -0.130. The SMILES string of the molecule is N#Cc1cccnc1N1CCN(C(=O)Cc2ccc(OCC3C=CC=CN3)cc2)CC1. The van der Waals surface area contributed by atoms with Crippen molar-refractivity contribution in [2.24, 2.45) is 0 Å². The Balaban J connectivity index is 1.25. The first-order chi connectivity index (χ1) is 15.2. The zero-order valence-corrected chi connectivity index (χ0v) is 17.3. The molecule has 2 aliphatic rings. The van der Waals surface area contributed by atoms with E-state index in [9.17, 15) is 10.1 Å². The van der Waals surface area contributed by atoms with Gasteiger partial charge in [0, 0.05) is 32.4 Å². The molecule has 1 unspecified atom stereocenters. The number of dihydropyridines is 1. The number of ether oxygens (including phenoxy) is 1. The third kappa shape index (κ3) is 5.23. The normalized spacial score (nSPS) is 17.7. The highest BCUT2D eigenvalue weighted by Gasteiger charge is 2.23. The highest BCUT2D eigenvalue weighted by atomic mass is 16.5. The molecule has 1 N–H and O–H groups in total. The van der Waals surface area contributed by atoms with E-state index in [0.717, 1.165) is 11.3 Å². The minimum absolute atomic E-state index is 0.109. The van der Waals surface area contributed by atoms with Gasteiger partial charge in [-0.05, 0) is 42.1 Å². The molecular weight excluding hydrogens is 390 g/mol. The number of carbonyl (C=O) groups excluding carboxylic acids is 1. The summed E-state index contributed by atoms with van der Waals surface area (Å²) < 4.78 is 5.82. The van der Waals surface area contributed by atoms with Gasteiger partial charge in [0.05, 0.1) is 18.0 Å². The molecule has 0 bridgehead atoms. The van der Waals surface area contributed by atoms with Crippen LogP contribution >= 0.6 is 0 Å². The number of piperazine rings is 1. The molecule has 1 saturated heterocycles. The van der Waals surface area contributed by atoms with Gasteiger partial charge in [-0.2, -0.15) is 5.26 Å². The number of hydrogen-bond donors (Lipinski definition) is 1. The monoisotopic (exact) mass is 415 g/mol. The quantitative estimate of drug-likeness (QED) is 0.780. The van der Waals surface area contributed by atoms with Crippen molar-refractivity contribution in [2.75, 3.05) is 37.7 Å². The first kappa shape index (κ1) is 20.5. The van der Waals surface area contributed by atoms with E-state index in [1.807, 2.05) is 47.5 Å². The summed E-state index contributed by atoms with van der Waals surface area (Å²) in [4.78, 5) is 21.0. The number of allylic oxidation sites excluding steroid dienone is 2. The minimum Gasteiger partial charge on any atom is -0.491 e. The topological polar surface area (TPSA) is 81.5 Å². The number of nitrogens with one attached hydrogen (secondary N) is 1. The van der Waals surface area contributed by atoms with Gasteiger partial charge >= 0.3 is 0 Å². The summed E-state index contributed by atoms with van der Waals surface area (Å²) in [7, 11) is 0. The van der Waals surface area contributed by atoms with Crippen LogP contribution in [0.25, 0.3) is 0 Å². The average Bonchev–Trinajstić information content (AvgIpc) is 2.84. The van der Waals surface area contributed by atoms with Gasteiger partial charge in [0.2, 0.25) is 5.91 Å². The van der Waals surface area contributed by atoms with Crippen molar-refractivity contribution in [3.8, 4) is 11.8 Å². The number of aromatic nitrogens is 1. The van der Waals surface area contributed by atoms with Crippen LogP contribution in [0.3, 0.4) is 0 Å². The number of anilines is 1. The first-order valence-electron chi connectivity index (χ1n) is 10.4. The van der Waals surface area contributed by atoms with Gasteiger partial charge < -0.3 is 19.9 Å². The summed E-state index contributed by atoms with van der Waals surface area (Å²) in [5.74, 6) is 1.60. The second kappa shape index (κ2) is 9.81. The Morgan fingerprint density at radius 1 is 1.16 bits per heavy atom. The van der Waals surface area contributed by atoms with Gasteiger partial charge in [-0.3, -0.25) is 4.79 Å². The summed E-state index contributed by atoms with van der Waals surface area (Å²) in [6.45, 7) is 3.13. The first-order valence-corrected chi connectivity index (χ1v) is 10.4. The van der Waals surface area contributed by atoms with E-state index >= 15 is 0 Å². The Bertz CT molecular complexity index is 1000. The highest BCUT2D eigenvalue weighted by Crippen LogP contribution is 2.19. The Kier molecular flexibility index (Phi) is 6.48. The number of carbonyl (C=O) groups is 1. The van der Waals surface area contributed by atoms with Crippen LogP contribution in [0.15, 0.2) is 67.0 Å². The Hall–Kier alpha value is -3.79. The van der Waals surface area contributed by atoms with Gasteiger partial charge in [-0.1, -0.05) is 24.3 Å². The van der Waals surface area contributed by atoms with Gasteiger partial charge in [0.25, 0.3) is 0 Å². The third-order valence-electron chi connectivity index (χ3n) is 5.41. The fraction of sp³-hybridized carbons (Fsp3) is 0.292. The molecule has 158 valence electrons. The maximum atomic E-state index is 12.7. The molecule has 1 aromatic heterocycles. The predicted octanol–water partition coefficient (Wildman–Crippen LogP) is 2.27. The molecule has 7 heteroatoms. The van der Waals surface area contributed by atoms with Crippen LogP contribution in [0.1, 0.15) is 11.1 Å². The van der Waals surface area contributed by atoms with Crippen molar-refractivity contribution in [1.29, 1.82) is 5.26 Å². The lowest BCUT2D eigenvalue weighted by Gasteiger charge is -2.35. The van der Waals surface area contributed by atoms with Crippen LogP contribution in [0, 0.1) is 11.3 Å². The van der Waals surface area contributed by atoms with Crippen molar-refractivity contribution in [3.63, 3.8) is 0 Å². The molecule has 0 radical (unpaired) electrons. The van der Waals surface area contributed by atoms with Crippen molar-refractivity contribution in [3.05, 3.63) is 78.1 Å². The zero-order chi connectivity index (χ0) is 21.5. The fourth-order valence-electron chi connectivity index (χ4n) is 3.67. The number of hydrogen-bond acceptors (Lipinski definition) is 6. The van der Waals surface area contributed by atoms with Crippen molar-refractivity contribution < 1.29 is 9.53 Å².